The molecule has 2 N–H and O–H groups in total. The predicted octanol–water partition coefficient (Wildman–Crippen LogP) is 3.02. The molecule has 3 saturated carbocycles. The number of carboxylic acids is 1. The normalized spacial score (nSPS) is 35.0. The molecule has 3 fully saturated rings. The lowest BCUT2D eigenvalue weighted by Gasteiger charge is -2.40. The van der Waals surface area contributed by atoms with Gasteiger partial charge in [0.1, 0.15) is 5.75 Å². The first kappa shape index (κ1) is 17.4. The third-order valence-electron chi connectivity index (χ3n) is 6.90. The number of benzene rings is 1. The van der Waals surface area contributed by atoms with Crippen LogP contribution >= 0.6 is 0 Å². The maximum atomic E-state index is 13.3. The summed E-state index contributed by atoms with van der Waals surface area (Å²) >= 11 is 0. The first-order valence-electron chi connectivity index (χ1n) is 9.67. The molecule has 2 bridgehead atoms. The zero-order valence-electron chi connectivity index (χ0n) is 15.2. The lowest BCUT2D eigenvalue weighted by molar-refractivity contribution is -0.147. The lowest BCUT2D eigenvalue weighted by atomic mass is 9.68. The molecule has 0 heterocycles. The summed E-state index contributed by atoms with van der Waals surface area (Å²) in [6, 6.07) is 8.04. The van der Waals surface area contributed by atoms with E-state index in [0.717, 1.165) is 37.0 Å². The van der Waals surface area contributed by atoms with Crippen molar-refractivity contribution >= 4 is 11.9 Å². The van der Waals surface area contributed by atoms with Crippen molar-refractivity contribution in [1.82, 2.24) is 5.32 Å². The molecule has 5 heteroatoms. The van der Waals surface area contributed by atoms with Crippen LogP contribution in [0.15, 0.2) is 24.3 Å². The van der Waals surface area contributed by atoms with Crippen molar-refractivity contribution in [3.63, 3.8) is 0 Å². The van der Waals surface area contributed by atoms with Crippen LogP contribution in [-0.2, 0) is 16.0 Å². The number of ether oxygens (including phenoxy) is 1. The quantitative estimate of drug-likeness (QED) is 0.821. The number of carbonyl (C=O) groups is 2. The first-order valence-corrected chi connectivity index (χ1v) is 9.67. The molecule has 3 unspecified atom stereocenters. The summed E-state index contributed by atoms with van der Waals surface area (Å²) in [6.07, 6.45) is 6.34. The summed E-state index contributed by atoms with van der Waals surface area (Å²) < 4.78 is 5.34. The molecule has 3 aliphatic carbocycles. The van der Waals surface area contributed by atoms with Gasteiger partial charge in [-0.05, 0) is 68.1 Å². The molecule has 0 aromatic heterocycles. The molecule has 3 atom stereocenters. The van der Waals surface area contributed by atoms with Crippen molar-refractivity contribution < 1.29 is 19.4 Å². The molecular weight excluding hydrogens is 330 g/mol. The van der Waals surface area contributed by atoms with Gasteiger partial charge in [0.15, 0.2) is 0 Å². The highest BCUT2D eigenvalue weighted by Crippen LogP contribution is 2.57. The van der Waals surface area contributed by atoms with Crippen LogP contribution in [0.4, 0.5) is 0 Å². The van der Waals surface area contributed by atoms with E-state index in [1.165, 1.54) is 6.42 Å². The first-order chi connectivity index (χ1) is 12.5. The number of methoxy groups -OCH3 is 1. The van der Waals surface area contributed by atoms with E-state index >= 15 is 0 Å². The van der Waals surface area contributed by atoms with Crippen LogP contribution in [0.2, 0.25) is 0 Å². The third kappa shape index (κ3) is 2.97. The van der Waals surface area contributed by atoms with Crippen LogP contribution in [0.25, 0.3) is 0 Å². The van der Waals surface area contributed by atoms with Gasteiger partial charge in [-0.2, -0.15) is 0 Å². The summed E-state index contributed by atoms with van der Waals surface area (Å²) in [5.74, 6) is 1.01. The summed E-state index contributed by atoms with van der Waals surface area (Å²) in [5.41, 5.74) is 0.799. The number of aliphatic carboxylic acids is 1. The third-order valence-corrected chi connectivity index (χ3v) is 6.90. The van der Waals surface area contributed by atoms with E-state index in [1.807, 2.05) is 18.2 Å². The average Bonchev–Trinajstić information content (AvgIpc) is 3.18. The number of amides is 1. The highest BCUT2D eigenvalue weighted by Gasteiger charge is 2.55. The summed E-state index contributed by atoms with van der Waals surface area (Å²) in [6.45, 7) is 0. The Morgan fingerprint density at radius 2 is 2.08 bits per heavy atom. The Morgan fingerprint density at radius 3 is 2.69 bits per heavy atom. The Labute approximate surface area is 154 Å². The summed E-state index contributed by atoms with van der Waals surface area (Å²) in [7, 11) is 1.66. The number of nitrogens with one attached hydrogen (secondary N) is 1. The molecule has 1 amide bonds. The zero-order chi connectivity index (χ0) is 18.3. The molecule has 5 nitrogen and oxygen atoms in total. The fourth-order valence-electron chi connectivity index (χ4n) is 5.43. The average molecular weight is 357 g/mol. The van der Waals surface area contributed by atoms with Gasteiger partial charge >= 0.3 is 5.97 Å². The Hall–Kier alpha value is -2.04. The van der Waals surface area contributed by atoms with Gasteiger partial charge in [0.25, 0.3) is 0 Å². The molecule has 0 radical (unpaired) electrons. The Kier molecular flexibility index (Phi) is 4.41. The maximum Gasteiger partial charge on any atom is 0.306 e. The van der Waals surface area contributed by atoms with Gasteiger partial charge in [-0.3, -0.25) is 9.59 Å². The molecule has 3 aliphatic rings. The van der Waals surface area contributed by atoms with Crippen LogP contribution in [0.1, 0.15) is 44.1 Å². The van der Waals surface area contributed by atoms with Gasteiger partial charge in [-0.15, -0.1) is 0 Å². The van der Waals surface area contributed by atoms with E-state index in [1.54, 1.807) is 7.11 Å². The second-order valence-corrected chi connectivity index (χ2v) is 8.44. The number of carbonyl (C=O) groups excluding carboxylic acids is 1. The Balaban J connectivity index is 1.51. The molecule has 0 saturated heterocycles. The monoisotopic (exact) mass is 357 g/mol. The van der Waals surface area contributed by atoms with E-state index in [4.69, 9.17) is 9.84 Å². The highest BCUT2D eigenvalue weighted by molar-refractivity contribution is 5.84. The maximum absolute atomic E-state index is 13.3. The zero-order valence-corrected chi connectivity index (χ0v) is 15.2. The fraction of sp³-hybridized carbons (Fsp3) is 0.619. The van der Waals surface area contributed by atoms with Gasteiger partial charge in [-0.25, -0.2) is 0 Å². The van der Waals surface area contributed by atoms with Gasteiger partial charge in [0.05, 0.1) is 18.4 Å². The molecule has 1 aromatic carbocycles. The van der Waals surface area contributed by atoms with E-state index in [-0.39, 0.29) is 23.3 Å². The second-order valence-electron chi connectivity index (χ2n) is 8.44. The van der Waals surface area contributed by atoms with Crippen molar-refractivity contribution in [3.8, 4) is 5.75 Å². The van der Waals surface area contributed by atoms with Gasteiger partial charge in [0.2, 0.25) is 5.91 Å². The number of carboxylic acid groups (broad SMARTS) is 1. The molecule has 1 aromatic rings. The van der Waals surface area contributed by atoms with Crippen molar-refractivity contribution in [2.45, 2.75) is 51.0 Å². The van der Waals surface area contributed by atoms with Gasteiger partial charge < -0.3 is 15.2 Å². The van der Waals surface area contributed by atoms with Crippen LogP contribution in [0.5, 0.6) is 5.75 Å². The lowest BCUT2D eigenvalue weighted by Crippen LogP contribution is -2.53. The topological polar surface area (TPSA) is 75.6 Å². The number of fused-ring (bicyclic) bond motifs is 2. The largest absolute Gasteiger partial charge is 0.497 e. The minimum absolute atomic E-state index is 0.0184. The van der Waals surface area contributed by atoms with E-state index in [2.05, 4.69) is 11.4 Å². The van der Waals surface area contributed by atoms with Crippen molar-refractivity contribution in [2.75, 3.05) is 7.11 Å². The van der Waals surface area contributed by atoms with Crippen molar-refractivity contribution in [3.05, 3.63) is 29.8 Å². The van der Waals surface area contributed by atoms with Gasteiger partial charge in [-0.1, -0.05) is 18.6 Å². The fourth-order valence-corrected chi connectivity index (χ4v) is 5.43. The predicted molar refractivity (Wildman–Crippen MR) is 96.9 cm³/mol. The molecule has 0 aliphatic heterocycles. The Morgan fingerprint density at radius 1 is 1.27 bits per heavy atom. The van der Waals surface area contributed by atoms with Crippen molar-refractivity contribution in [2.24, 2.45) is 23.2 Å². The van der Waals surface area contributed by atoms with Crippen LogP contribution in [-0.4, -0.2) is 30.1 Å². The van der Waals surface area contributed by atoms with Crippen LogP contribution in [0, 0.1) is 23.2 Å². The molecule has 26 heavy (non-hydrogen) atoms. The molecule has 140 valence electrons. The van der Waals surface area contributed by atoms with Crippen LogP contribution < -0.4 is 10.1 Å². The van der Waals surface area contributed by atoms with Gasteiger partial charge in [0, 0.05) is 6.04 Å². The highest BCUT2D eigenvalue weighted by atomic mass is 16.5. The minimum Gasteiger partial charge on any atom is -0.497 e. The number of rotatable bonds is 6. The van der Waals surface area contributed by atoms with Crippen molar-refractivity contribution in [1.29, 1.82) is 0 Å². The number of hydrogen-bond donors (Lipinski definition) is 2. The van der Waals surface area contributed by atoms with E-state index in [9.17, 15) is 9.59 Å². The van der Waals surface area contributed by atoms with E-state index in [0.29, 0.717) is 24.7 Å². The summed E-state index contributed by atoms with van der Waals surface area (Å²) in [5, 5.41) is 12.2. The van der Waals surface area contributed by atoms with E-state index < -0.39 is 5.97 Å². The SMILES string of the molecule is COc1cccc(CC2(C(=O)NC3CC(C(=O)O)C3)CC3CCC2C3)c1. The molecule has 4 rings (SSSR count). The second kappa shape index (κ2) is 6.60. The number of hydrogen-bond acceptors (Lipinski definition) is 3. The Bertz CT molecular complexity index is 712. The summed E-state index contributed by atoms with van der Waals surface area (Å²) in [4.78, 5) is 24.3. The molecular formula is C21H27NO4. The minimum atomic E-state index is -0.749. The smallest absolute Gasteiger partial charge is 0.306 e. The molecule has 0 spiro atoms. The van der Waals surface area contributed by atoms with Crippen LogP contribution in [0.3, 0.4) is 0 Å². The standard InChI is InChI=1S/C21H27NO4/c1-26-18-4-2-3-13(8-18)11-21(12-14-5-6-16(21)7-14)20(25)22-17-9-15(10-17)19(23)24/h2-4,8,14-17H,5-7,9-12H2,1H3,(H,22,25)(H,23,24).